The first-order valence-electron chi connectivity index (χ1n) is 8.47. The van der Waals surface area contributed by atoms with Crippen LogP contribution in [0.3, 0.4) is 0 Å². The lowest BCUT2D eigenvalue weighted by molar-refractivity contribution is 0.0751. The first-order chi connectivity index (χ1) is 12.5. The average Bonchev–Trinajstić information content (AvgIpc) is 2.94. The number of halogens is 1. The van der Waals surface area contributed by atoms with Crippen LogP contribution in [0, 0.1) is 6.57 Å². The maximum Gasteiger partial charge on any atom is 0.273 e. The minimum atomic E-state index is -0.258. The molecule has 0 fully saturated rings. The number of nitrogens with zero attached hydrogens (tertiary/aromatic N) is 3. The maximum atomic E-state index is 12.4. The van der Waals surface area contributed by atoms with Gasteiger partial charge in [-0.1, -0.05) is 12.1 Å². The summed E-state index contributed by atoms with van der Waals surface area (Å²) in [7, 11) is 0. The molecule has 3 rings (SSSR count). The Morgan fingerprint density at radius 2 is 2.04 bits per heavy atom. The van der Waals surface area contributed by atoms with Crippen LogP contribution in [0.1, 0.15) is 20.3 Å². The predicted octanol–water partition coefficient (Wildman–Crippen LogP) is 3.76. The number of rotatable bonds is 6. The highest BCUT2D eigenvalue weighted by atomic mass is 35.5. The molecule has 1 aromatic carbocycles. The lowest BCUT2D eigenvalue weighted by atomic mass is 10.1. The second-order valence-electron chi connectivity index (χ2n) is 6.28. The van der Waals surface area contributed by atoms with Gasteiger partial charge in [0.2, 0.25) is 5.69 Å². The standard InChI is InChI=1S/C19H21N5O2.ClH/c1-12(2)26-10-4-9-24-17(13-5-7-14(20)8-6-13)15(21-3)16-18(24)19(25)23-11-22-16;/h5-8,11-12H,4,9-10,20H2,1-2H3,(H,22,23,25);1H. The Morgan fingerprint density at radius 1 is 1.33 bits per heavy atom. The van der Waals surface area contributed by atoms with Gasteiger partial charge < -0.3 is 20.0 Å². The summed E-state index contributed by atoms with van der Waals surface area (Å²) in [6, 6.07) is 7.27. The Balaban J connectivity index is 0.00000261. The lowest BCUT2D eigenvalue weighted by Gasteiger charge is -2.13. The molecule has 3 N–H and O–H groups in total. The number of benzene rings is 1. The number of aryl methyl sites for hydroxylation is 1. The van der Waals surface area contributed by atoms with E-state index in [9.17, 15) is 4.79 Å². The van der Waals surface area contributed by atoms with E-state index >= 15 is 0 Å². The topological polar surface area (TPSA) is 90.3 Å². The second kappa shape index (κ2) is 8.71. The van der Waals surface area contributed by atoms with E-state index in [0.29, 0.717) is 41.3 Å². The average molecular weight is 388 g/mol. The van der Waals surface area contributed by atoms with Crippen molar-refractivity contribution in [2.24, 2.45) is 0 Å². The fraction of sp³-hybridized carbons (Fsp3) is 0.316. The van der Waals surface area contributed by atoms with Gasteiger partial charge in [-0.15, -0.1) is 12.4 Å². The Kier molecular flexibility index (Phi) is 6.61. The van der Waals surface area contributed by atoms with Gasteiger partial charge in [0.1, 0.15) is 11.0 Å². The Hall–Kier alpha value is -2.82. The van der Waals surface area contributed by atoms with Crippen molar-refractivity contribution in [2.75, 3.05) is 12.3 Å². The number of ether oxygens (including phenoxy) is 1. The zero-order valence-electron chi connectivity index (χ0n) is 15.2. The highest BCUT2D eigenvalue weighted by Gasteiger charge is 2.21. The first-order valence-corrected chi connectivity index (χ1v) is 8.47. The lowest BCUT2D eigenvalue weighted by Crippen LogP contribution is -2.14. The van der Waals surface area contributed by atoms with E-state index in [1.807, 2.05) is 30.5 Å². The summed E-state index contributed by atoms with van der Waals surface area (Å²) in [6.45, 7) is 12.7. The number of fused-ring (bicyclic) bond motifs is 1. The normalized spacial score (nSPS) is 10.7. The smallest absolute Gasteiger partial charge is 0.273 e. The number of nitrogens with two attached hydrogens (primary N) is 1. The molecule has 27 heavy (non-hydrogen) atoms. The molecule has 7 nitrogen and oxygen atoms in total. The molecular formula is C19H22ClN5O2. The van der Waals surface area contributed by atoms with E-state index in [1.165, 1.54) is 6.33 Å². The van der Waals surface area contributed by atoms with Crippen molar-refractivity contribution in [3.8, 4) is 11.3 Å². The monoisotopic (exact) mass is 387 g/mol. The molecule has 0 atom stereocenters. The zero-order chi connectivity index (χ0) is 18.7. The minimum Gasteiger partial charge on any atom is -0.399 e. The molecule has 0 saturated carbocycles. The third-order valence-electron chi connectivity index (χ3n) is 4.09. The molecule has 0 radical (unpaired) electrons. The third-order valence-corrected chi connectivity index (χ3v) is 4.09. The molecule has 0 aliphatic carbocycles. The Bertz CT molecular complexity index is 1020. The molecule has 0 saturated heterocycles. The fourth-order valence-corrected chi connectivity index (χ4v) is 2.97. The number of anilines is 1. The number of aromatic amines is 1. The van der Waals surface area contributed by atoms with E-state index in [1.54, 1.807) is 12.1 Å². The van der Waals surface area contributed by atoms with Crippen molar-refractivity contribution in [3.63, 3.8) is 0 Å². The number of hydrogen-bond acceptors (Lipinski definition) is 4. The van der Waals surface area contributed by atoms with Crippen LogP contribution in [-0.2, 0) is 11.3 Å². The molecule has 8 heteroatoms. The van der Waals surface area contributed by atoms with Crippen LogP contribution in [0.4, 0.5) is 11.4 Å². The van der Waals surface area contributed by atoms with Gasteiger partial charge in [0.15, 0.2) is 0 Å². The summed E-state index contributed by atoms with van der Waals surface area (Å²) >= 11 is 0. The van der Waals surface area contributed by atoms with Crippen molar-refractivity contribution in [1.82, 2.24) is 14.5 Å². The number of nitrogens with one attached hydrogen (secondary N) is 1. The summed E-state index contributed by atoms with van der Waals surface area (Å²) in [5.41, 5.74) is 8.89. The van der Waals surface area contributed by atoms with E-state index in [0.717, 1.165) is 12.0 Å². The van der Waals surface area contributed by atoms with E-state index in [-0.39, 0.29) is 24.1 Å². The Morgan fingerprint density at radius 3 is 2.67 bits per heavy atom. The fourth-order valence-electron chi connectivity index (χ4n) is 2.97. The maximum absolute atomic E-state index is 12.4. The van der Waals surface area contributed by atoms with Gasteiger partial charge in [0.25, 0.3) is 5.56 Å². The highest BCUT2D eigenvalue weighted by Crippen LogP contribution is 2.38. The Labute approximate surface area is 163 Å². The molecule has 142 valence electrons. The van der Waals surface area contributed by atoms with E-state index in [2.05, 4.69) is 14.8 Å². The summed E-state index contributed by atoms with van der Waals surface area (Å²) in [5.74, 6) is 0. The van der Waals surface area contributed by atoms with Gasteiger partial charge in [-0.05, 0) is 38.0 Å². The predicted molar refractivity (Wildman–Crippen MR) is 109 cm³/mol. The van der Waals surface area contributed by atoms with Crippen molar-refractivity contribution < 1.29 is 4.74 Å². The van der Waals surface area contributed by atoms with Crippen LogP contribution in [0.5, 0.6) is 0 Å². The van der Waals surface area contributed by atoms with Gasteiger partial charge in [-0.2, -0.15) is 0 Å². The molecule has 0 unspecified atom stereocenters. The third kappa shape index (κ3) is 4.13. The van der Waals surface area contributed by atoms with Crippen LogP contribution >= 0.6 is 12.4 Å². The molecule has 2 aromatic heterocycles. The zero-order valence-corrected chi connectivity index (χ0v) is 16.0. The van der Waals surface area contributed by atoms with Gasteiger partial charge in [-0.3, -0.25) is 4.79 Å². The molecule has 0 aliphatic rings. The quantitative estimate of drug-likeness (QED) is 0.382. The second-order valence-corrected chi connectivity index (χ2v) is 6.28. The highest BCUT2D eigenvalue weighted by molar-refractivity contribution is 5.99. The molecule has 3 aromatic rings. The summed E-state index contributed by atoms with van der Waals surface area (Å²) in [6.07, 6.45) is 2.20. The van der Waals surface area contributed by atoms with Crippen molar-refractivity contribution in [3.05, 3.63) is 52.4 Å². The molecule has 0 aliphatic heterocycles. The van der Waals surface area contributed by atoms with Gasteiger partial charge in [0, 0.05) is 18.8 Å². The SMILES string of the molecule is Cl.[C-]#[N+]c1c(-c2ccc(N)cc2)n(CCCOC(C)C)c2c(=O)[nH]cnc12. The largest absolute Gasteiger partial charge is 0.399 e. The number of nitrogen functional groups attached to an aromatic ring is 1. The van der Waals surface area contributed by atoms with Crippen LogP contribution in [-0.4, -0.2) is 27.2 Å². The molecule has 2 heterocycles. The summed E-state index contributed by atoms with van der Waals surface area (Å²) < 4.78 is 7.47. The number of H-pyrrole nitrogens is 1. The molecule has 0 bridgehead atoms. The first kappa shape index (κ1) is 20.5. The summed E-state index contributed by atoms with van der Waals surface area (Å²) in [5, 5.41) is 0. The van der Waals surface area contributed by atoms with Crippen LogP contribution in [0.2, 0.25) is 0 Å². The van der Waals surface area contributed by atoms with Crippen molar-refractivity contribution in [1.29, 1.82) is 0 Å². The van der Waals surface area contributed by atoms with Crippen LogP contribution in [0.15, 0.2) is 35.4 Å². The van der Waals surface area contributed by atoms with Crippen molar-refractivity contribution >= 4 is 34.8 Å². The van der Waals surface area contributed by atoms with E-state index < -0.39 is 0 Å². The van der Waals surface area contributed by atoms with Crippen LogP contribution in [0.25, 0.3) is 27.1 Å². The summed E-state index contributed by atoms with van der Waals surface area (Å²) in [4.78, 5) is 23.0. The van der Waals surface area contributed by atoms with Gasteiger partial charge >= 0.3 is 0 Å². The minimum absolute atomic E-state index is 0. The molecule has 0 amide bonds. The van der Waals surface area contributed by atoms with Gasteiger partial charge in [0.05, 0.1) is 24.7 Å². The number of aromatic nitrogens is 3. The number of hydrogen-bond donors (Lipinski definition) is 2. The van der Waals surface area contributed by atoms with Gasteiger partial charge in [-0.25, -0.2) is 9.83 Å². The van der Waals surface area contributed by atoms with Crippen molar-refractivity contribution in [2.45, 2.75) is 32.9 Å². The van der Waals surface area contributed by atoms with E-state index in [4.69, 9.17) is 17.0 Å². The van der Waals surface area contributed by atoms with Crippen LogP contribution < -0.4 is 11.3 Å². The molecule has 0 spiro atoms. The molecular weight excluding hydrogens is 366 g/mol.